The minimum absolute atomic E-state index is 0.0520. The molecular formula is C17H21N3O5S. The smallest absolute Gasteiger partial charge is 0.327 e. The maximum atomic E-state index is 11.8. The van der Waals surface area contributed by atoms with Gasteiger partial charge in [-0.2, -0.15) is 0 Å². The molecule has 0 radical (unpaired) electrons. The van der Waals surface area contributed by atoms with Gasteiger partial charge in [0.05, 0.1) is 12.9 Å². The van der Waals surface area contributed by atoms with Gasteiger partial charge in [0, 0.05) is 22.9 Å². The molecular weight excluding hydrogens is 358 g/mol. The topological polar surface area (TPSA) is 114 Å². The summed E-state index contributed by atoms with van der Waals surface area (Å²) < 4.78 is 5.25. The standard InChI is InChI=1S/C17H21N3O5S/c1-10(21)11-3-6-14(25-2)12(7-11)8-26-9-15(22)19-20-17(24)16(23)18-13-4-5-13/h3,6-7,13H,4-5,8-9H2,1-2H3,(H,18,23)(H,19,22)(H,20,24). The molecule has 0 spiro atoms. The Balaban J connectivity index is 1.75. The number of methoxy groups -OCH3 is 1. The fourth-order valence-corrected chi connectivity index (χ4v) is 2.87. The number of Topliss-reactive ketones (excluding diaryl/α,β-unsaturated/α-hetero) is 1. The first-order chi connectivity index (χ1) is 12.4. The van der Waals surface area contributed by atoms with E-state index in [2.05, 4.69) is 16.2 Å². The Kier molecular flexibility index (Phi) is 7.02. The molecule has 1 saturated carbocycles. The first kappa shape index (κ1) is 19.8. The number of carbonyl (C=O) groups excluding carboxylic acids is 4. The van der Waals surface area contributed by atoms with Crippen LogP contribution in [0.15, 0.2) is 18.2 Å². The Bertz CT molecular complexity index is 718. The Hall–Kier alpha value is -2.55. The van der Waals surface area contributed by atoms with Crippen molar-refractivity contribution in [2.75, 3.05) is 12.9 Å². The molecule has 0 atom stereocenters. The summed E-state index contributed by atoms with van der Waals surface area (Å²) >= 11 is 1.29. The van der Waals surface area contributed by atoms with Crippen molar-refractivity contribution in [1.29, 1.82) is 0 Å². The SMILES string of the molecule is COc1ccc(C(C)=O)cc1CSCC(=O)NNC(=O)C(=O)NC1CC1. The van der Waals surface area contributed by atoms with Gasteiger partial charge < -0.3 is 10.1 Å². The van der Waals surface area contributed by atoms with E-state index < -0.39 is 17.7 Å². The summed E-state index contributed by atoms with van der Waals surface area (Å²) in [6.07, 6.45) is 1.74. The van der Waals surface area contributed by atoms with Gasteiger partial charge >= 0.3 is 11.8 Å². The van der Waals surface area contributed by atoms with E-state index in [-0.39, 0.29) is 17.6 Å². The number of amides is 3. The summed E-state index contributed by atoms with van der Waals surface area (Å²) in [5.74, 6) is -0.996. The quantitative estimate of drug-likeness (QED) is 0.362. The van der Waals surface area contributed by atoms with Crippen LogP contribution >= 0.6 is 11.8 Å². The van der Waals surface area contributed by atoms with Crippen molar-refractivity contribution in [1.82, 2.24) is 16.2 Å². The van der Waals surface area contributed by atoms with Crippen LogP contribution < -0.4 is 20.9 Å². The highest BCUT2D eigenvalue weighted by molar-refractivity contribution is 7.99. The van der Waals surface area contributed by atoms with E-state index in [1.807, 2.05) is 0 Å². The fraction of sp³-hybridized carbons (Fsp3) is 0.412. The summed E-state index contributed by atoms with van der Waals surface area (Å²) in [6.45, 7) is 1.48. The van der Waals surface area contributed by atoms with Gasteiger partial charge in [-0.1, -0.05) is 0 Å². The second kappa shape index (κ2) is 9.23. The average Bonchev–Trinajstić information content (AvgIpc) is 3.43. The zero-order valence-electron chi connectivity index (χ0n) is 14.6. The predicted octanol–water partition coefficient (Wildman–Crippen LogP) is 0.557. The molecule has 0 heterocycles. The Morgan fingerprint density at radius 1 is 1.15 bits per heavy atom. The third-order valence-corrected chi connectivity index (χ3v) is 4.59. The molecule has 1 aliphatic carbocycles. The van der Waals surface area contributed by atoms with Crippen LogP contribution in [0.4, 0.5) is 0 Å². The van der Waals surface area contributed by atoms with Gasteiger partial charge in [0.1, 0.15) is 5.75 Å². The highest BCUT2D eigenvalue weighted by Gasteiger charge is 2.26. The summed E-state index contributed by atoms with van der Waals surface area (Å²) in [5.41, 5.74) is 5.64. The van der Waals surface area contributed by atoms with Crippen LogP contribution in [0.5, 0.6) is 5.75 Å². The van der Waals surface area contributed by atoms with Gasteiger partial charge in [-0.25, -0.2) is 0 Å². The van der Waals surface area contributed by atoms with Crippen LogP contribution in [-0.2, 0) is 20.1 Å². The van der Waals surface area contributed by atoms with Crippen LogP contribution in [0.2, 0.25) is 0 Å². The van der Waals surface area contributed by atoms with Crippen LogP contribution in [0.1, 0.15) is 35.7 Å². The molecule has 1 fully saturated rings. The maximum Gasteiger partial charge on any atom is 0.327 e. The zero-order chi connectivity index (χ0) is 19.1. The number of rotatable bonds is 7. The normalized spacial score (nSPS) is 12.8. The summed E-state index contributed by atoms with van der Waals surface area (Å²) in [7, 11) is 1.53. The molecule has 0 saturated heterocycles. The molecule has 26 heavy (non-hydrogen) atoms. The van der Waals surface area contributed by atoms with Gasteiger partial charge in [-0.3, -0.25) is 30.0 Å². The summed E-state index contributed by atoms with van der Waals surface area (Å²) in [5, 5.41) is 2.52. The van der Waals surface area contributed by atoms with Crippen molar-refractivity contribution in [3.05, 3.63) is 29.3 Å². The number of ketones is 1. The van der Waals surface area contributed by atoms with Crippen molar-refractivity contribution in [3.8, 4) is 5.75 Å². The van der Waals surface area contributed by atoms with Gasteiger partial charge in [-0.05, 0) is 38.0 Å². The highest BCUT2D eigenvalue weighted by Crippen LogP contribution is 2.24. The lowest BCUT2D eigenvalue weighted by molar-refractivity contribution is -0.140. The van der Waals surface area contributed by atoms with Crippen LogP contribution in [0, 0.1) is 0 Å². The van der Waals surface area contributed by atoms with Crippen molar-refractivity contribution in [2.45, 2.75) is 31.6 Å². The van der Waals surface area contributed by atoms with E-state index in [1.165, 1.54) is 25.8 Å². The molecule has 2 rings (SSSR count). The Morgan fingerprint density at radius 2 is 1.88 bits per heavy atom. The molecule has 0 unspecified atom stereocenters. The molecule has 3 amide bonds. The lowest BCUT2D eigenvalue weighted by Gasteiger charge is -2.10. The molecule has 0 aliphatic heterocycles. The third kappa shape index (κ3) is 6.07. The summed E-state index contributed by atoms with van der Waals surface area (Å²) in [6, 6.07) is 5.20. The van der Waals surface area contributed by atoms with Gasteiger partial charge in [0.2, 0.25) is 5.91 Å². The molecule has 1 aromatic rings. The second-order valence-electron chi connectivity index (χ2n) is 5.83. The first-order valence-corrected chi connectivity index (χ1v) is 9.21. The van der Waals surface area contributed by atoms with E-state index >= 15 is 0 Å². The molecule has 1 aliphatic rings. The second-order valence-corrected chi connectivity index (χ2v) is 6.81. The number of benzene rings is 1. The molecule has 8 nitrogen and oxygen atoms in total. The number of hydrazine groups is 1. The lowest BCUT2D eigenvalue weighted by Crippen LogP contribution is -2.49. The maximum absolute atomic E-state index is 11.8. The number of hydrogen-bond acceptors (Lipinski definition) is 6. The van der Waals surface area contributed by atoms with E-state index in [0.29, 0.717) is 17.1 Å². The largest absolute Gasteiger partial charge is 0.496 e. The van der Waals surface area contributed by atoms with Crippen molar-refractivity contribution in [3.63, 3.8) is 0 Å². The van der Waals surface area contributed by atoms with E-state index in [9.17, 15) is 19.2 Å². The fourth-order valence-electron chi connectivity index (χ4n) is 2.06. The van der Waals surface area contributed by atoms with Gasteiger partial charge in [-0.15, -0.1) is 11.8 Å². The van der Waals surface area contributed by atoms with E-state index in [0.717, 1.165) is 18.4 Å². The minimum Gasteiger partial charge on any atom is -0.496 e. The molecule has 3 N–H and O–H groups in total. The van der Waals surface area contributed by atoms with Crippen LogP contribution in [0.25, 0.3) is 0 Å². The number of ether oxygens (including phenoxy) is 1. The van der Waals surface area contributed by atoms with E-state index in [4.69, 9.17) is 4.74 Å². The Morgan fingerprint density at radius 3 is 2.50 bits per heavy atom. The average molecular weight is 379 g/mol. The van der Waals surface area contributed by atoms with Crippen molar-refractivity contribution < 1.29 is 23.9 Å². The van der Waals surface area contributed by atoms with Crippen molar-refractivity contribution in [2.24, 2.45) is 0 Å². The minimum atomic E-state index is -0.897. The first-order valence-electron chi connectivity index (χ1n) is 8.06. The molecule has 9 heteroatoms. The van der Waals surface area contributed by atoms with Gasteiger partial charge in [0.15, 0.2) is 5.78 Å². The highest BCUT2D eigenvalue weighted by atomic mass is 32.2. The monoisotopic (exact) mass is 379 g/mol. The number of thioether (sulfide) groups is 1. The molecule has 0 aromatic heterocycles. The molecule has 0 bridgehead atoms. The van der Waals surface area contributed by atoms with Crippen LogP contribution in [-0.4, -0.2) is 42.4 Å². The van der Waals surface area contributed by atoms with Crippen LogP contribution in [0.3, 0.4) is 0 Å². The van der Waals surface area contributed by atoms with Gasteiger partial charge in [0.25, 0.3) is 0 Å². The third-order valence-electron chi connectivity index (χ3n) is 3.61. The predicted molar refractivity (Wildman–Crippen MR) is 96.6 cm³/mol. The lowest BCUT2D eigenvalue weighted by atomic mass is 10.1. The zero-order valence-corrected chi connectivity index (χ0v) is 15.4. The number of nitrogens with one attached hydrogen (secondary N) is 3. The number of carbonyl (C=O) groups is 4. The molecule has 140 valence electrons. The van der Waals surface area contributed by atoms with E-state index in [1.54, 1.807) is 18.2 Å². The van der Waals surface area contributed by atoms with Crippen molar-refractivity contribution >= 4 is 35.3 Å². The Labute approximate surface area is 155 Å². The summed E-state index contributed by atoms with van der Waals surface area (Å²) in [4.78, 5) is 46.2. The molecule has 1 aromatic carbocycles. The number of hydrogen-bond donors (Lipinski definition) is 3.